The van der Waals surface area contributed by atoms with Crippen LogP contribution in [-0.4, -0.2) is 18.0 Å². The van der Waals surface area contributed by atoms with Gasteiger partial charge >= 0.3 is 0 Å². The summed E-state index contributed by atoms with van der Waals surface area (Å²) in [6.07, 6.45) is 0.142. The average Bonchev–Trinajstić information content (AvgIpc) is 1.63. The summed E-state index contributed by atoms with van der Waals surface area (Å²) < 4.78 is 0. The van der Waals surface area contributed by atoms with Crippen molar-refractivity contribution in [3.8, 4) is 0 Å². The summed E-state index contributed by atoms with van der Waals surface area (Å²) in [7, 11) is 0. The zero-order valence-corrected chi connectivity index (χ0v) is 5.55. The van der Waals surface area contributed by atoms with Crippen molar-refractivity contribution in [1.29, 1.82) is 0 Å². The lowest BCUT2D eigenvalue weighted by molar-refractivity contribution is -0.118. The van der Waals surface area contributed by atoms with E-state index >= 15 is 0 Å². The molecule has 0 radical (unpaired) electrons. The molecule has 0 bridgehead atoms. The molecule has 0 rings (SSSR count). The lowest BCUT2D eigenvalue weighted by Crippen LogP contribution is -2.46. The van der Waals surface area contributed by atoms with Crippen LogP contribution in [0, 0.1) is 0 Å². The molecular formula is C5H13N3O. The van der Waals surface area contributed by atoms with Crippen LogP contribution < -0.4 is 17.2 Å². The van der Waals surface area contributed by atoms with Crippen LogP contribution in [0.15, 0.2) is 0 Å². The fourth-order valence-electron chi connectivity index (χ4n) is 0.470. The Balaban J connectivity index is 3.71. The molecule has 1 atom stereocenters. The first kappa shape index (κ1) is 8.39. The minimum Gasteiger partial charge on any atom is -0.370 e. The van der Waals surface area contributed by atoms with Gasteiger partial charge in [0.1, 0.15) is 0 Å². The van der Waals surface area contributed by atoms with E-state index in [0.29, 0.717) is 0 Å². The predicted octanol–water partition coefficient (Wildman–Crippen LogP) is -1.46. The fourth-order valence-corrected chi connectivity index (χ4v) is 0.470. The first-order chi connectivity index (χ1) is 3.98. The monoisotopic (exact) mass is 131 g/mol. The highest BCUT2D eigenvalue weighted by molar-refractivity contribution is 5.75. The van der Waals surface area contributed by atoms with Crippen LogP contribution in [-0.2, 0) is 4.79 Å². The van der Waals surface area contributed by atoms with Gasteiger partial charge in [-0.3, -0.25) is 4.79 Å². The molecule has 0 aliphatic rings. The number of amides is 1. The number of hydrogen-bond acceptors (Lipinski definition) is 3. The molecule has 9 heavy (non-hydrogen) atoms. The minimum absolute atomic E-state index is 0.142. The Morgan fingerprint density at radius 1 is 1.67 bits per heavy atom. The average molecular weight is 131 g/mol. The summed E-state index contributed by atoms with van der Waals surface area (Å²) in [5.74, 6) is -0.412. The first-order valence-corrected chi connectivity index (χ1v) is 2.75. The molecule has 0 aliphatic heterocycles. The van der Waals surface area contributed by atoms with E-state index in [1.807, 2.05) is 0 Å². The molecule has 0 aliphatic carbocycles. The molecule has 0 saturated carbocycles. The van der Waals surface area contributed by atoms with Crippen LogP contribution >= 0.6 is 0 Å². The largest absolute Gasteiger partial charge is 0.370 e. The van der Waals surface area contributed by atoms with Crippen LogP contribution in [0.3, 0.4) is 0 Å². The van der Waals surface area contributed by atoms with Crippen molar-refractivity contribution < 1.29 is 4.79 Å². The quantitative estimate of drug-likeness (QED) is 0.436. The highest BCUT2D eigenvalue weighted by Gasteiger charge is 2.18. The van der Waals surface area contributed by atoms with Gasteiger partial charge < -0.3 is 17.2 Å². The molecule has 4 nitrogen and oxygen atoms in total. The molecule has 6 N–H and O–H groups in total. The topological polar surface area (TPSA) is 95.1 Å². The summed E-state index contributed by atoms with van der Waals surface area (Å²) in [4.78, 5) is 10.3. The number of carbonyl (C=O) groups excluding carboxylic acids is 1. The van der Waals surface area contributed by atoms with Gasteiger partial charge in [-0.15, -0.1) is 0 Å². The normalized spacial score (nSPS) is 16.8. The van der Waals surface area contributed by atoms with Gasteiger partial charge in [0.05, 0.1) is 0 Å². The number of rotatable bonds is 3. The van der Waals surface area contributed by atoms with Crippen molar-refractivity contribution in [1.82, 2.24) is 0 Å². The molecule has 4 heteroatoms. The Labute approximate surface area is 54.4 Å². The number of carbonyl (C=O) groups is 1. The van der Waals surface area contributed by atoms with E-state index in [9.17, 15) is 4.79 Å². The summed E-state index contributed by atoms with van der Waals surface area (Å²) in [6, 6.07) is 0. The molecule has 1 amide bonds. The minimum atomic E-state index is -0.633. The smallest absolute Gasteiger partial charge is 0.219 e. The standard InChI is InChI=1S/C5H13N3O/c1-5(8,3-6)2-4(7)9/h2-3,6,8H2,1H3,(H2,7,9). The summed E-state index contributed by atoms with van der Waals surface area (Å²) in [5, 5.41) is 0. The maximum Gasteiger partial charge on any atom is 0.219 e. The zero-order valence-electron chi connectivity index (χ0n) is 5.55. The number of nitrogens with two attached hydrogens (primary N) is 3. The molecular weight excluding hydrogens is 118 g/mol. The van der Waals surface area contributed by atoms with Gasteiger partial charge in [-0.05, 0) is 6.92 Å². The van der Waals surface area contributed by atoms with Crippen molar-refractivity contribution in [2.45, 2.75) is 18.9 Å². The van der Waals surface area contributed by atoms with Crippen LogP contribution in [0.4, 0.5) is 0 Å². The second-order valence-corrected chi connectivity index (χ2v) is 2.50. The third-order valence-corrected chi connectivity index (χ3v) is 1.04. The van der Waals surface area contributed by atoms with Crippen molar-refractivity contribution in [2.24, 2.45) is 17.2 Å². The van der Waals surface area contributed by atoms with Crippen LogP contribution in [0.25, 0.3) is 0 Å². The number of hydrogen-bond donors (Lipinski definition) is 3. The predicted molar refractivity (Wildman–Crippen MR) is 35.5 cm³/mol. The Hall–Kier alpha value is -0.610. The first-order valence-electron chi connectivity index (χ1n) is 2.75. The van der Waals surface area contributed by atoms with Crippen molar-refractivity contribution in [3.63, 3.8) is 0 Å². The molecule has 0 heterocycles. The molecule has 0 saturated heterocycles. The highest BCUT2D eigenvalue weighted by atomic mass is 16.1. The Morgan fingerprint density at radius 3 is 2.22 bits per heavy atom. The lowest BCUT2D eigenvalue weighted by Gasteiger charge is -2.19. The third-order valence-electron chi connectivity index (χ3n) is 1.04. The maximum atomic E-state index is 10.3. The van der Waals surface area contributed by atoms with E-state index in [4.69, 9.17) is 17.2 Å². The number of primary amides is 1. The summed E-state index contributed by atoms with van der Waals surface area (Å²) in [6.45, 7) is 1.97. The van der Waals surface area contributed by atoms with E-state index in [1.54, 1.807) is 6.92 Å². The van der Waals surface area contributed by atoms with Gasteiger partial charge in [-0.1, -0.05) is 0 Å². The molecule has 54 valence electrons. The lowest BCUT2D eigenvalue weighted by atomic mass is 10.00. The summed E-state index contributed by atoms with van der Waals surface area (Å²) >= 11 is 0. The van der Waals surface area contributed by atoms with Gasteiger partial charge in [0, 0.05) is 18.5 Å². The SMILES string of the molecule is CC(N)(CN)CC(N)=O. The van der Waals surface area contributed by atoms with Gasteiger partial charge in [-0.25, -0.2) is 0 Å². The molecule has 0 fully saturated rings. The van der Waals surface area contributed by atoms with E-state index in [1.165, 1.54) is 0 Å². The van der Waals surface area contributed by atoms with E-state index in [-0.39, 0.29) is 13.0 Å². The second-order valence-electron chi connectivity index (χ2n) is 2.50. The van der Waals surface area contributed by atoms with Crippen LogP contribution in [0.1, 0.15) is 13.3 Å². The van der Waals surface area contributed by atoms with E-state index in [2.05, 4.69) is 0 Å². The van der Waals surface area contributed by atoms with Crippen molar-refractivity contribution in [3.05, 3.63) is 0 Å². The zero-order chi connectivity index (χ0) is 7.49. The summed E-state index contributed by atoms with van der Waals surface area (Å²) in [5.41, 5.74) is 15.0. The third kappa shape index (κ3) is 3.93. The van der Waals surface area contributed by atoms with Crippen molar-refractivity contribution >= 4 is 5.91 Å². The maximum absolute atomic E-state index is 10.3. The van der Waals surface area contributed by atoms with Gasteiger partial charge in [0.2, 0.25) is 5.91 Å². The second kappa shape index (κ2) is 2.80. The molecule has 0 aromatic carbocycles. The molecule has 0 spiro atoms. The van der Waals surface area contributed by atoms with E-state index in [0.717, 1.165) is 0 Å². The van der Waals surface area contributed by atoms with E-state index < -0.39 is 11.4 Å². The van der Waals surface area contributed by atoms with Gasteiger partial charge in [0.15, 0.2) is 0 Å². The van der Waals surface area contributed by atoms with Crippen LogP contribution in [0.5, 0.6) is 0 Å². The molecule has 0 aromatic heterocycles. The Kier molecular flexibility index (Phi) is 2.61. The molecule has 0 aromatic rings. The Bertz CT molecular complexity index is 111. The highest BCUT2D eigenvalue weighted by Crippen LogP contribution is 2.00. The molecule has 1 unspecified atom stereocenters. The fraction of sp³-hybridized carbons (Fsp3) is 0.800. The van der Waals surface area contributed by atoms with Gasteiger partial charge in [-0.2, -0.15) is 0 Å². The van der Waals surface area contributed by atoms with Crippen LogP contribution in [0.2, 0.25) is 0 Å². The van der Waals surface area contributed by atoms with Crippen molar-refractivity contribution in [2.75, 3.05) is 6.54 Å². The van der Waals surface area contributed by atoms with Gasteiger partial charge in [0.25, 0.3) is 0 Å². The Morgan fingerprint density at radius 2 is 2.11 bits per heavy atom.